The molecule has 1 heterocycles. The average molecular weight is 319 g/mol. The number of nitrogens with zero attached hydrogens (tertiary/aromatic N) is 1. The normalized spacial score (nSPS) is 14.3. The highest BCUT2D eigenvalue weighted by Gasteiger charge is 2.32. The van der Waals surface area contributed by atoms with Crippen molar-refractivity contribution in [3.05, 3.63) is 23.3 Å². The van der Waals surface area contributed by atoms with Gasteiger partial charge in [0, 0.05) is 12.0 Å². The fourth-order valence-electron chi connectivity index (χ4n) is 2.63. The van der Waals surface area contributed by atoms with Gasteiger partial charge >= 0.3 is 5.97 Å². The Morgan fingerprint density at radius 1 is 1.30 bits per heavy atom. The SMILES string of the molecule is COc1ccc(C=O)c2c1N(CC(=O)OC(C)(C)C)C(=O)CC2. The van der Waals surface area contributed by atoms with Crippen LogP contribution in [0.4, 0.5) is 5.69 Å². The van der Waals surface area contributed by atoms with E-state index in [9.17, 15) is 14.4 Å². The lowest BCUT2D eigenvalue weighted by molar-refractivity contribution is -0.153. The predicted octanol–water partition coefficient (Wildman–Crippen LogP) is 2.13. The van der Waals surface area contributed by atoms with E-state index in [0.717, 1.165) is 11.8 Å². The van der Waals surface area contributed by atoms with Crippen molar-refractivity contribution in [1.29, 1.82) is 0 Å². The molecule has 0 bridgehead atoms. The zero-order valence-corrected chi connectivity index (χ0v) is 13.8. The average Bonchev–Trinajstić information content (AvgIpc) is 2.47. The Labute approximate surface area is 135 Å². The van der Waals surface area contributed by atoms with Crippen molar-refractivity contribution in [3.8, 4) is 5.75 Å². The minimum absolute atomic E-state index is 0.190. The molecule has 6 heteroatoms. The van der Waals surface area contributed by atoms with E-state index in [1.54, 1.807) is 32.9 Å². The van der Waals surface area contributed by atoms with Crippen LogP contribution in [0.1, 0.15) is 43.1 Å². The molecule has 0 aliphatic carbocycles. The number of rotatable bonds is 4. The summed E-state index contributed by atoms with van der Waals surface area (Å²) < 4.78 is 10.6. The topological polar surface area (TPSA) is 72.9 Å². The molecule has 0 saturated carbocycles. The first kappa shape index (κ1) is 17.0. The Morgan fingerprint density at radius 3 is 2.57 bits per heavy atom. The predicted molar refractivity (Wildman–Crippen MR) is 84.9 cm³/mol. The molecule has 2 rings (SSSR count). The minimum Gasteiger partial charge on any atom is -0.495 e. The van der Waals surface area contributed by atoms with E-state index >= 15 is 0 Å². The number of carbonyl (C=O) groups excluding carboxylic acids is 3. The third-order valence-electron chi connectivity index (χ3n) is 3.50. The molecule has 23 heavy (non-hydrogen) atoms. The summed E-state index contributed by atoms with van der Waals surface area (Å²) in [6, 6.07) is 3.29. The van der Waals surface area contributed by atoms with Crippen molar-refractivity contribution >= 4 is 23.9 Å². The zero-order valence-electron chi connectivity index (χ0n) is 13.8. The van der Waals surface area contributed by atoms with Gasteiger partial charge in [0.2, 0.25) is 5.91 Å². The van der Waals surface area contributed by atoms with Crippen LogP contribution in [0.2, 0.25) is 0 Å². The second kappa shape index (κ2) is 6.40. The van der Waals surface area contributed by atoms with E-state index in [0.29, 0.717) is 23.4 Å². The summed E-state index contributed by atoms with van der Waals surface area (Å²) in [4.78, 5) is 37.0. The van der Waals surface area contributed by atoms with Gasteiger partial charge in [-0.05, 0) is 44.9 Å². The number of fused-ring (bicyclic) bond motifs is 1. The summed E-state index contributed by atoms with van der Waals surface area (Å²) >= 11 is 0. The van der Waals surface area contributed by atoms with Crippen LogP contribution in [0, 0.1) is 0 Å². The molecule has 0 atom stereocenters. The van der Waals surface area contributed by atoms with Crippen LogP contribution in [0.3, 0.4) is 0 Å². The Kier molecular flexibility index (Phi) is 4.73. The van der Waals surface area contributed by atoms with Crippen molar-refractivity contribution in [2.75, 3.05) is 18.6 Å². The highest BCUT2D eigenvalue weighted by atomic mass is 16.6. The molecule has 0 unspecified atom stereocenters. The quantitative estimate of drug-likeness (QED) is 0.628. The minimum atomic E-state index is -0.631. The van der Waals surface area contributed by atoms with Crippen LogP contribution < -0.4 is 9.64 Å². The maximum Gasteiger partial charge on any atom is 0.326 e. The summed E-state index contributed by atoms with van der Waals surface area (Å²) in [6.07, 6.45) is 1.44. The summed E-state index contributed by atoms with van der Waals surface area (Å²) in [7, 11) is 1.49. The van der Waals surface area contributed by atoms with Crippen LogP contribution in [-0.4, -0.2) is 37.4 Å². The molecule has 0 fully saturated rings. The first-order valence-corrected chi connectivity index (χ1v) is 7.44. The molecular formula is C17H21NO5. The lowest BCUT2D eigenvalue weighted by atomic mass is 9.95. The van der Waals surface area contributed by atoms with Gasteiger partial charge in [0.25, 0.3) is 0 Å². The van der Waals surface area contributed by atoms with Crippen LogP contribution in [0.15, 0.2) is 12.1 Å². The molecule has 0 aromatic heterocycles. The third kappa shape index (κ3) is 3.70. The second-order valence-electron chi connectivity index (χ2n) is 6.37. The fourth-order valence-corrected chi connectivity index (χ4v) is 2.63. The Hall–Kier alpha value is -2.37. The van der Waals surface area contributed by atoms with Crippen molar-refractivity contribution in [1.82, 2.24) is 0 Å². The molecule has 0 spiro atoms. The summed E-state index contributed by atoms with van der Waals surface area (Å²) in [5.74, 6) is -0.232. The summed E-state index contributed by atoms with van der Waals surface area (Å²) in [5.41, 5.74) is 1.08. The third-order valence-corrected chi connectivity index (χ3v) is 3.50. The largest absolute Gasteiger partial charge is 0.495 e. The number of anilines is 1. The first-order chi connectivity index (χ1) is 10.8. The van der Waals surface area contributed by atoms with Gasteiger partial charge in [-0.3, -0.25) is 19.3 Å². The molecule has 1 aliphatic heterocycles. The first-order valence-electron chi connectivity index (χ1n) is 7.44. The standard InChI is InChI=1S/C17H21NO5/c1-17(2,3)23-15(21)9-18-14(20)8-6-12-11(10-19)5-7-13(22-4)16(12)18/h5,7,10H,6,8-9H2,1-4H3. The number of aldehydes is 1. The number of hydrogen-bond acceptors (Lipinski definition) is 5. The van der Waals surface area contributed by atoms with Crippen LogP contribution in [0.25, 0.3) is 0 Å². The lowest BCUT2D eigenvalue weighted by Gasteiger charge is -2.31. The fraction of sp³-hybridized carbons (Fsp3) is 0.471. The smallest absolute Gasteiger partial charge is 0.326 e. The molecule has 124 valence electrons. The van der Waals surface area contributed by atoms with E-state index in [4.69, 9.17) is 9.47 Å². The van der Waals surface area contributed by atoms with E-state index in [1.165, 1.54) is 12.0 Å². The molecule has 6 nitrogen and oxygen atoms in total. The van der Waals surface area contributed by atoms with Gasteiger partial charge < -0.3 is 9.47 Å². The van der Waals surface area contributed by atoms with Crippen molar-refractivity contribution in [2.24, 2.45) is 0 Å². The summed E-state index contributed by atoms with van der Waals surface area (Å²) in [5, 5.41) is 0. The van der Waals surface area contributed by atoms with Crippen LogP contribution in [0.5, 0.6) is 5.75 Å². The second-order valence-corrected chi connectivity index (χ2v) is 6.37. The highest BCUT2D eigenvalue weighted by molar-refractivity contribution is 6.03. The van der Waals surface area contributed by atoms with Gasteiger partial charge in [0.15, 0.2) is 0 Å². The molecule has 1 aromatic rings. The van der Waals surface area contributed by atoms with Crippen molar-refractivity contribution in [2.45, 2.75) is 39.2 Å². The van der Waals surface area contributed by atoms with E-state index in [2.05, 4.69) is 0 Å². The Bertz CT molecular complexity index is 645. The summed E-state index contributed by atoms with van der Waals surface area (Å²) in [6.45, 7) is 5.09. The monoisotopic (exact) mass is 319 g/mol. The van der Waals surface area contributed by atoms with E-state index < -0.39 is 11.6 Å². The zero-order chi connectivity index (χ0) is 17.2. The molecule has 0 radical (unpaired) electrons. The molecule has 1 aromatic carbocycles. The Balaban J connectivity index is 2.41. The van der Waals surface area contributed by atoms with Crippen LogP contribution >= 0.6 is 0 Å². The molecule has 1 amide bonds. The number of ether oxygens (including phenoxy) is 2. The molecule has 0 N–H and O–H groups in total. The van der Waals surface area contributed by atoms with Gasteiger partial charge in [0.05, 0.1) is 12.8 Å². The molecular weight excluding hydrogens is 298 g/mol. The maximum atomic E-state index is 12.3. The number of esters is 1. The van der Waals surface area contributed by atoms with Gasteiger partial charge in [-0.1, -0.05) is 0 Å². The van der Waals surface area contributed by atoms with E-state index in [-0.39, 0.29) is 18.9 Å². The van der Waals surface area contributed by atoms with Gasteiger partial charge in [-0.25, -0.2) is 0 Å². The van der Waals surface area contributed by atoms with Gasteiger partial charge in [0.1, 0.15) is 24.2 Å². The maximum absolute atomic E-state index is 12.3. The Morgan fingerprint density at radius 2 is 2.00 bits per heavy atom. The number of carbonyl (C=O) groups is 3. The highest BCUT2D eigenvalue weighted by Crippen LogP contribution is 2.38. The van der Waals surface area contributed by atoms with Gasteiger partial charge in [-0.15, -0.1) is 0 Å². The van der Waals surface area contributed by atoms with Crippen molar-refractivity contribution < 1.29 is 23.9 Å². The number of benzene rings is 1. The molecule has 1 aliphatic rings. The van der Waals surface area contributed by atoms with E-state index in [1.807, 2.05) is 0 Å². The van der Waals surface area contributed by atoms with Crippen LogP contribution in [-0.2, 0) is 20.7 Å². The lowest BCUT2D eigenvalue weighted by Crippen LogP contribution is -2.41. The van der Waals surface area contributed by atoms with Gasteiger partial charge in [-0.2, -0.15) is 0 Å². The van der Waals surface area contributed by atoms with Crippen molar-refractivity contribution in [3.63, 3.8) is 0 Å². The molecule has 0 saturated heterocycles. The number of methoxy groups -OCH3 is 1. The number of hydrogen-bond donors (Lipinski definition) is 0. The number of amides is 1.